The molecule has 3 rings (SSSR count). The number of para-hydroxylation sites is 1. The molecule has 1 aromatic heterocycles. The number of aryl methyl sites for hydroxylation is 2. The summed E-state index contributed by atoms with van der Waals surface area (Å²) >= 11 is 0. The van der Waals surface area contributed by atoms with Crippen LogP contribution in [0.5, 0.6) is 0 Å². The third-order valence-corrected chi connectivity index (χ3v) is 4.19. The summed E-state index contributed by atoms with van der Waals surface area (Å²) in [4.78, 5) is 2.37. The summed E-state index contributed by atoms with van der Waals surface area (Å²) in [5, 5.41) is 12.4. The Labute approximate surface area is 137 Å². The lowest BCUT2D eigenvalue weighted by Crippen LogP contribution is -2.51. The quantitative estimate of drug-likeness (QED) is 0.870. The van der Waals surface area contributed by atoms with Crippen LogP contribution in [0.4, 0.5) is 0 Å². The van der Waals surface area contributed by atoms with Gasteiger partial charge in [-0.1, -0.05) is 18.2 Å². The van der Waals surface area contributed by atoms with Crippen molar-refractivity contribution in [2.24, 2.45) is 0 Å². The van der Waals surface area contributed by atoms with Crippen LogP contribution in [-0.4, -0.2) is 49.9 Å². The molecule has 23 heavy (non-hydrogen) atoms. The van der Waals surface area contributed by atoms with Gasteiger partial charge in [0, 0.05) is 13.1 Å². The van der Waals surface area contributed by atoms with Crippen molar-refractivity contribution in [3.8, 4) is 5.69 Å². The van der Waals surface area contributed by atoms with Crippen molar-refractivity contribution in [2.45, 2.75) is 52.9 Å². The second-order valence-corrected chi connectivity index (χ2v) is 7.11. The van der Waals surface area contributed by atoms with Gasteiger partial charge in [0.15, 0.2) is 5.82 Å². The topological polar surface area (TPSA) is 56.1 Å². The summed E-state index contributed by atoms with van der Waals surface area (Å²) < 4.78 is 7.85. The minimum absolute atomic E-state index is 0.144. The molecule has 0 saturated carbocycles. The maximum atomic E-state index is 5.98. The van der Waals surface area contributed by atoms with Gasteiger partial charge >= 0.3 is 0 Å². The molecular weight excluding hydrogens is 290 g/mol. The Bertz CT molecular complexity index is 674. The normalized spacial score (nSPS) is 21.5. The van der Waals surface area contributed by atoms with Crippen LogP contribution in [0, 0.1) is 13.8 Å². The second-order valence-electron chi connectivity index (χ2n) is 7.11. The van der Waals surface area contributed by atoms with Gasteiger partial charge in [-0.05, 0) is 56.2 Å². The molecule has 1 saturated heterocycles. The zero-order chi connectivity index (χ0) is 16.6. The number of nitrogens with zero attached hydrogens (tertiary/aromatic N) is 5. The van der Waals surface area contributed by atoms with Crippen LogP contribution in [0.15, 0.2) is 18.2 Å². The van der Waals surface area contributed by atoms with Gasteiger partial charge < -0.3 is 4.74 Å². The van der Waals surface area contributed by atoms with Gasteiger partial charge in [-0.2, -0.15) is 4.68 Å². The molecule has 0 radical (unpaired) electrons. The van der Waals surface area contributed by atoms with Gasteiger partial charge in [-0.25, -0.2) is 0 Å². The predicted molar refractivity (Wildman–Crippen MR) is 88.5 cm³/mol. The summed E-state index contributed by atoms with van der Waals surface area (Å²) in [5.74, 6) is 0.868. The monoisotopic (exact) mass is 315 g/mol. The molecule has 0 spiro atoms. The first-order valence-corrected chi connectivity index (χ1v) is 8.10. The highest BCUT2D eigenvalue weighted by Crippen LogP contribution is 2.23. The van der Waals surface area contributed by atoms with Gasteiger partial charge in [0.05, 0.1) is 23.9 Å². The van der Waals surface area contributed by atoms with Gasteiger partial charge in [-0.15, -0.1) is 5.10 Å². The number of benzene rings is 1. The molecule has 1 aliphatic heterocycles. The molecule has 0 unspecified atom stereocenters. The molecule has 1 aliphatic rings. The minimum atomic E-state index is -0.144. The Kier molecular flexibility index (Phi) is 4.21. The van der Waals surface area contributed by atoms with Gasteiger partial charge in [-0.3, -0.25) is 4.90 Å². The van der Waals surface area contributed by atoms with Crippen molar-refractivity contribution < 1.29 is 4.74 Å². The van der Waals surface area contributed by atoms with Crippen LogP contribution in [0.25, 0.3) is 5.69 Å². The van der Waals surface area contributed by atoms with Gasteiger partial charge in [0.2, 0.25) is 0 Å². The number of tetrazole rings is 1. The highest BCUT2D eigenvalue weighted by atomic mass is 16.5. The van der Waals surface area contributed by atoms with E-state index in [1.807, 2.05) is 4.68 Å². The first-order valence-electron chi connectivity index (χ1n) is 8.10. The highest BCUT2D eigenvalue weighted by Gasteiger charge is 2.32. The third-order valence-electron chi connectivity index (χ3n) is 4.19. The summed E-state index contributed by atoms with van der Waals surface area (Å²) in [7, 11) is 0. The molecule has 1 aromatic carbocycles. The third kappa shape index (κ3) is 3.43. The minimum Gasteiger partial charge on any atom is -0.370 e. The average Bonchev–Trinajstić information content (AvgIpc) is 2.84. The molecule has 2 aromatic rings. The van der Waals surface area contributed by atoms with Gasteiger partial charge in [0.25, 0.3) is 0 Å². The molecule has 0 N–H and O–H groups in total. The van der Waals surface area contributed by atoms with Crippen molar-refractivity contribution >= 4 is 0 Å². The number of rotatable bonds is 3. The van der Waals surface area contributed by atoms with E-state index in [0.717, 1.165) is 31.1 Å². The number of hydrogen-bond acceptors (Lipinski definition) is 5. The number of morpholine rings is 1. The van der Waals surface area contributed by atoms with E-state index in [4.69, 9.17) is 4.74 Å². The van der Waals surface area contributed by atoms with E-state index in [9.17, 15) is 0 Å². The highest BCUT2D eigenvalue weighted by molar-refractivity contribution is 5.46. The Hall–Kier alpha value is -1.79. The van der Waals surface area contributed by atoms with Crippen molar-refractivity contribution in [2.75, 3.05) is 13.1 Å². The number of aromatic nitrogens is 4. The molecule has 1 atom stereocenters. The predicted octanol–water partition coefficient (Wildman–Crippen LogP) is 2.28. The van der Waals surface area contributed by atoms with Crippen molar-refractivity contribution in [3.63, 3.8) is 0 Å². The van der Waals surface area contributed by atoms with Crippen LogP contribution < -0.4 is 0 Å². The zero-order valence-electron chi connectivity index (χ0n) is 14.6. The van der Waals surface area contributed by atoms with Crippen LogP contribution in [0.2, 0.25) is 0 Å². The molecular formula is C17H25N5O. The van der Waals surface area contributed by atoms with Gasteiger partial charge in [0.1, 0.15) is 0 Å². The first kappa shape index (κ1) is 16.1. The smallest absolute Gasteiger partial charge is 0.170 e. The van der Waals surface area contributed by atoms with E-state index in [2.05, 4.69) is 73.2 Å². The molecule has 6 heteroatoms. The maximum absolute atomic E-state index is 5.98. The van der Waals surface area contributed by atoms with E-state index in [-0.39, 0.29) is 11.7 Å². The Morgan fingerprint density at radius 2 is 1.96 bits per heavy atom. The van der Waals surface area contributed by atoms with E-state index in [1.165, 1.54) is 11.1 Å². The van der Waals surface area contributed by atoms with Crippen molar-refractivity contribution in [1.82, 2.24) is 25.1 Å². The number of ether oxygens (including phenoxy) is 1. The molecule has 0 bridgehead atoms. The lowest BCUT2D eigenvalue weighted by atomic mass is 10.1. The summed E-state index contributed by atoms with van der Waals surface area (Å²) in [6, 6.07) is 6.24. The fourth-order valence-corrected chi connectivity index (χ4v) is 3.52. The standard InChI is InChI=1S/C17H25N5O/c1-12-7-6-8-13(2)16(12)22-15(18-19-20-22)10-21-9-14(3)23-17(4,5)11-21/h6-8,14H,9-11H2,1-5H3/t14-/m0/s1. The Balaban J connectivity index is 1.87. The van der Waals surface area contributed by atoms with Crippen LogP contribution in [0.1, 0.15) is 37.7 Å². The summed E-state index contributed by atoms with van der Waals surface area (Å²) in [6.45, 7) is 13.0. The fourth-order valence-electron chi connectivity index (χ4n) is 3.52. The van der Waals surface area contributed by atoms with Crippen LogP contribution in [-0.2, 0) is 11.3 Å². The fraction of sp³-hybridized carbons (Fsp3) is 0.588. The maximum Gasteiger partial charge on any atom is 0.170 e. The molecule has 1 fully saturated rings. The van der Waals surface area contributed by atoms with Crippen LogP contribution in [0.3, 0.4) is 0 Å². The molecule has 0 amide bonds. The summed E-state index contributed by atoms with van der Waals surface area (Å²) in [6.07, 6.45) is 0.211. The van der Waals surface area contributed by atoms with Crippen LogP contribution >= 0.6 is 0 Å². The Morgan fingerprint density at radius 3 is 2.61 bits per heavy atom. The molecule has 0 aliphatic carbocycles. The molecule has 6 nitrogen and oxygen atoms in total. The zero-order valence-corrected chi connectivity index (χ0v) is 14.6. The van der Waals surface area contributed by atoms with Crippen molar-refractivity contribution in [3.05, 3.63) is 35.2 Å². The average molecular weight is 315 g/mol. The SMILES string of the molecule is Cc1cccc(C)c1-n1nnnc1CN1C[C@H](C)OC(C)(C)C1. The summed E-state index contributed by atoms with van der Waals surface area (Å²) in [5.41, 5.74) is 3.28. The molecule has 2 heterocycles. The lowest BCUT2D eigenvalue weighted by Gasteiger charge is -2.41. The molecule has 124 valence electrons. The second kappa shape index (κ2) is 6.02. The Morgan fingerprint density at radius 1 is 1.26 bits per heavy atom. The van der Waals surface area contributed by atoms with E-state index >= 15 is 0 Å². The lowest BCUT2D eigenvalue weighted by molar-refractivity contribution is -0.131. The number of hydrogen-bond donors (Lipinski definition) is 0. The van der Waals surface area contributed by atoms with E-state index in [0.29, 0.717) is 0 Å². The van der Waals surface area contributed by atoms with E-state index in [1.54, 1.807) is 0 Å². The largest absolute Gasteiger partial charge is 0.370 e. The first-order chi connectivity index (χ1) is 10.9. The van der Waals surface area contributed by atoms with E-state index < -0.39 is 0 Å². The van der Waals surface area contributed by atoms with Crippen molar-refractivity contribution in [1.29, 1.82) is 0 Å².